The summed E-state index contributed by atoms with van der Waals surface area (Å²) in [5.41, 5.74) is 2.13. The van der Waals surface area contributed by atoms with E-state index in [-0.39, 0.29) is 6.42 Å². The predicted octanol–water partition coefficient (Wildman–Crippen LogP) is 5.96. The van der Waals surface area contributed by atoms with Crippen molar-refractivity contribution in [3.63, 3.8) is 0 Å². The number of para-hydroxylation sites is 1. The first-order valence-corrected chi connectivity index (χ1v) is 10.6. The van der Waals surface area contributed by atoms with Gasteiger partial charge in [-0.2, -0.15) is 13.2 Å². The third-order valence-electron chi connectivity index (χ3n) is 4.55. The average molecular weight is 448 g/mol. The largest absolute Gasteiger partial charge is 0.481 e. The van der Waals surface area contributed by atoms with Crippen molar-refractivity contribution in [3.8, 4) is 10.6 Å². The Morgan fingerprint density at radius 3 is 2.47 bits per heavy atom. The van der Waals surface area contributed by atoms with E-state index in [9.17, 15) is 18.0 Å². The fraction of sp³-hybridized carbons (Fsp3) is 0.190. The number of aryl methyl sites for hydroxylation is 1. The summed E-state index contributed by atoms with van der Waals surface area (Å²) < 4.78 is 39.2. The van der Waals surface area contributed by atoms with Crippen molar-refractivity contribution >= 4 is 38.9 Å². The minimum atomic E-state index is -4.37. The summed E-state index contributed by atoms with van der Waals surface area (Å²) in [6.07, 6.45) is -3.91. The number of aliphatic carboxylic acids is 1. The number of thiazole rings is 2. The molecule has 154 valence electrons. The van der Waals surface area contributed by atoms with Crippen LogP contribution in [0.1, 0.15) is 26.7 Å². The van der Waals surface area contributed by atoms with Gasteiger partial charge in [0.1, 0.15) is 5.01 Å². The van der Waals surface area contributed by atoms with E-state index in [0.717, 1.165) is 32.4 Å². The zero-order chi connectivity index (χ0) is 21.5. The summed E-state index contributed by atoms with van der Waals surface area (Å²) in [4.78, 5) is 21.2. The monoisotopic (exact) mass is 448 g/mol. The van der Waals surface area contributed by atoms with Gasteiger partial charge in [0.05, 0.1) is 32.9 Å². The first-order valence-electron chi connectivity index (χ1n) is 8.94. The summed E-state index contributed by atoms with van der Waals surface area (Å²) in [7, 11) is 0. The third-order valence-corrected chi connectivity index (χ3v) is 6.78. The van der Waals surface area contributed by atoms with Gasteiger partial charge in [-0.1, -0.05) is 24.3 Å². The minimum Gasteiger partial charge on any atom is -0.481 e. The smallest absolute Gasteiger partial charge is 0.416 e. The highest BCUT2D eigenvalue weighted by molar-refractivity contribution is 7.19. The van der Waals surface area contributed by atoms with Crippen LogP contribution in [0, 0.1) is 6.92 Å². The molecule has 30 heavy (non-hydrogen) atoms. The summed E-state index contributed by atoms with van der Waals surface area (Å²) in [6.45, 7) is 1.86. The lowest BCUT2D eigenvalue weighted by Gasteiger charge is -2.06. The summed E-state index contributed by atoms with van der Waals surface area (Å²) in [5.74, 6) is -0.906. The van der Waals surface area contributed by atoms with Crippen LogP contribution in [0.5, 0.6) is 0 Å². The second kappa shape index (κ2) is 7.81. The number of nitrogens with zero attached hydrogens (tertiary/aromatic N) is 2. The Labute approximate surface area is 177 Å². The van der Waals surface area contributed by atoms with Crippen molar-refractivity contribution < 1.29 is 23.1 Å². The zero-order valence-electron chi connectivity index (χ0n) is 15.7. The van der Waals surface area contributed by atoms with Crippen LogP contribution in [0.2, 0.25) is 0 Å². The fourth-order valence-corrected chi connectivity index (χ4v) is 5.28. The van der Waals surface area contributed by atoms with E-state index in [1.165, 1.54) is 34.8 Å². The van der Waals surface area contributed by atoms with Gasteiger partial charge in [-0.3, -0.25) is 4.79 Å². The maximum atomic E-state index is 12.8. The normalized spacial score (nSPS) is 11.9. The maximum absolute atomic E-state index is 12.8. The molecule has 0 bridgehead atoms. The number of aromatic nitrogens is 2. The Balaban J connectivity index is 1.60. The Kier molecular flexibility index (Phi) is 5.33. The first-order chi connectivity index (χ1) is 14.2. The van der Waals surface area contributed by atoms with Gasteiger partial charge >= 0.3 is 12.1 Å². The average Bonchev–Trinajstić information content (AvgIpc) is 3.25. The van der Waals surface area contributed by atoms with Gasteiger partial charge in [0.2, 0.25) is 0 Å². The molecule has 4 nitrogen and oxygen atoms in total. The molecule has 2 aromatic heterocycles. The van der Waals surface area contributed by atoms with Gasteiger partial charge in [0, 0.05) is 16.9 Å². The molecule has 0 aliphatic heterocycles. The Morgan fingerprint density at radius 2 is 1.80 bits per heavy atom. The Hall–Kier alpha value is -2.78. The molecule has 0 saturated heterocycles. The number of carboxylic acids is 1. The number of rotatable bonds is 5. The van der Waals surface area contributed by atoms with Crippen molar-refractivity contribution in [1.82, 2.24) is 9.97 Å². The lowest BCUT2D eigenvalue weighted by molar-refractivity contribution is -0.138. The molecule has 0 saturated carbocycles. The molecular formula is C21H15F3N2O2S2. The Morgan fingerprint density at radius 1 is 1.07 bits per heavy atom. The van der Waals surface area contributed by atoms with Crippen LogP contribution < -0.4 is 0 Å². The zero-order valence-corrected chi connectivity index (χ0v) is 17.3. The number of hydrogen-bond donors (Lipinski definition) is 1. The number of carboxylic acid groups (broad SMARTS) is 1. The molecule has 2 aromatic carbocycles. The van der Waals surface area contributed by atoms with Crippen molar-refractivity contribution in [2.45, 2.75) is 25.9 Å². The second-order valence-electron chi connectivity index (χ2n) is 6.72. The molecule has 0 fully saturated rings. The molecule has 0 unspecified atom stereocenters. The van der Waals surface area contributed by atoms with Crippen molar-refractivity contribution in [1.29, 1.82) is 0 Å². The molecule has 9 heteroatoms. The van der Waals surface area contributed by atoms with Crippen LogP contribution in [-0.4, -0.2) is 21.0 Å². The van der Waals surface area contributed by atoms with E-state index in [2.05, 4.69) is 9.97 Å². The quantitative estimate of drug-likeness (QED) is 0.409. The summed E-state index contributed by atoms with van der Waals surface area (Å²) in [6, 6.07) is 10.5. The lowest BCUT2D eigenvalue weighted by Crippen LogP contribution is -2.03. The minimum absolute atomic E-state index is 0.0852. The van der Waals surface area contributed by atoms with Crippen LogP contribution in [0.25, 0.3) is 20.8 Å². The predicted molar refractivity (Wildman–Crippen MR) is 111 cm³/mol. The standard InChI is InChI=1S/C21H15F3N2O2S2/c1-11-16(30-20(25-11)12-5-7-14(8-6-12)21(22,23)24)10-17-26-19-13(9-18(27)28)3-2-4-15(19)29-17/h2-8H,9-10H2,1H3,(H,27,28). The molecule has 0 aliphatic carbocycles. The molecule has 4 aromatic rings. The molecule has 0 amide bonds. The van der Waals surface area contributed by atoms with Crippen LogP contribution in [0.4, 0.5) is 13.2 Å². The van der Waals surface area contributed by atoms with Gasteiger partial charge in [-0.15, -0.1) is 22.7 Å². The van der Waals surface area contributed by atoms with E-state index in [0.29, 0.717) is 28.1 Å². The maximum Gasteiger partial charge on any atom is 0.416 e. The molecule has 0 spiro atoms. The van der Waals surface area contributed by atoms with Crippen molar-refractivity contribution in [2.75, 3.05) is 0 Å². The van der Waals surface area contributed by atoms with Crippen molar-refractivity contribution in [2.24, 2.45) is 0 Å². The topological polar surface area (TPSA) is 63.1 Å². The van der Waals surface area contributed by atoms with Gasteiger partial charge in [0.15, 0.2) is 0 Å². The molecule has 0 aliphatic rings. The van der Waals surface area contributed by atoms with Crippen LogP contribution in [-0.2, 0) is 23.8 Å². The fourth-order valence-electron chi connectivity index (χ4n) is 3.09. The van der Waals surface area contributed by atoms with Gasteiger partial charge in [0.25, 0.3) is 0 Å². The second-order valence-corrected chi connectivity index (χ2v) is 8.92. The number of alkyl halides is 3. The number of halogens is 3. The number of benzene rings is 2. The highest BCUT2D eigenvalue weighted by atomic mass is 32.1. The van der Waals surface area contributed by atoms with E-state index < -0.39 is 17.7 Å². The number of fused-ring (bicyclic) bond motifs is 1. The first kappa shape index (κ1) is 20.5. The molecule has 1 N–H and O–H groups in total. The molecule has 2 heterocycles. The van der Waals surface area contributed by atoms with E-state index in [4.69, 9.17) is 5.11 Å². The highest BCUT2D eigenvalue weighted by Crippen LogP contribution is 2.34. The van der Waals surface area contributed by atoms with Gasteiger partial charge in [-0.25, -0.2) is 9.97 Å². The Bertz CT molecular complexity index is 1230. The molecule has 0 atom stereocenters. The third kappa shape index (κ3) is 4.22. The summed E-state index contributed by atoms with van der Waals surface area (Å²) >= 11 is 2.93. The van der Waals surface area contributed by atoms with Crippen molar-refractivity contribution in [3.05, 3.63) is 69.2 Å². The summed E-state index contributed by atoms with van der Waals surface area (Å²) in [5, 5.41) is 10.6. The van der Waals surface area contributed by atoms with Crippen LogP contribution in [0.3, 0.4) is 0 Å². The SMILES string of the molecule is Cc1nc(-c2ccc(C(F)(F)F)cc2)sc1Cc1nc2c(CC(=O)O)cccc2s1. The number of hydrogen-bond acceptors (Lipinski definition) is 5. The van der Waals surface area contributed by atoms with Gasteiger partial charge < -0.3 is 5.11 Å². The number of carbonyl (C=O) groups is 1. The van der Waals surface area contributed by atoms with Crippen LogP contribution in [0.15, 0.2) is 42.5 Å². The van der Waals surface area contributed by atoms with Crippen LogP contribution >= 0.6 is 22.7 Å². The van der Waals surface area contributed by atoms with Gasteiger partial charge in [-0.05, 0) is 30.7 Å². The molecular weight excluding hydrogens is 433 g/mol. The molecule has 4 rings (SSSR count). The molecule has 0 radical (unpaired) electrons. The highest BCUT2D eigenvalue weighted by Gasteiger charge is 2.30. The van der Waals surface area contributed by atoms with E-state index >= 15 is 0 Å². The lowest BCUT2D eigenvalue weighted by atomic mass is 10.1. The van der Waals surface area contributed by atoms with E-state index in [1.54, 1.807) is 6.07 Å². The van der Waals surface area contributed by atoms with E-state index in [1.807, 2.05) is 19.1 Å².